The smallest absolute Gasteiger partial charge is 0.323 e. The van der Waals surface area contributed by atoms with Crippen LogP contribution in [0.25, 0.3) is 0 Å². The molecule has 0 bridgehead atoms. The third kappa shape index (κ3) is 3.29. The first-order chi connectivity index (χ1) is 8.40. The summed E-state index contributed by atoms with van der Waals surface area (Å²) >= 11 is 0. The van der Waals surface area contributed by atoms with Crippen molar-refractivity contribution in [3.05, 3.63) is 29.8 Å². The summed E-state index contributed by atoms with van der Waals surface area (Å²) in [4.78, 5) is 11.1. The summed E-state index contributed by atoms with van der Waals surface area (Å²) < 4.78 is 30.4. The largest absolute Gasteiger partial charge is 0.468 e. The molecule has 0 saturated heterocycles. The van der Waals surface area contributed by atoms with Crippen LogP contribution in [0.3, 0.4) is 0 Å². The minimum atomic E-state index is -3.85. The normalized spacial score (nSPS) is 12.5. The molecule has 0 aromatic heterocycles. The number of ether oxygens (including phenoxy) is 1. The predicted molar refractivity (Wildman–Crippen MR) is 63.0 cm³/mol. The van der Waals surface area contributed by atoms with E-state index in [0.29, 0.717) is 0 Å². The van der Waals surface area contributed by atoms with Crippen LogP contribution in [0.5, 0.6) is 0 Å². The second kappa shape index (κ2) is 5.62. The number of sulfonamides is 1. The van der Waals surface area contributed by atoms with Crippen LogP contribution in [0, 0.1) is 11.3 Å². The number of nitrogens with one attached hydrogen (secondary N) is 1. The Morgan fingerprint density at radius 1 is 1.50 bits per heavy atom. The highest BCUT2D eigenvalue weighted by atomic mass is 32.2. The fourth-order valence-corrected chi connectivity index (χ4v) is 2.50. The summed E-state index contributed by atoms with van der Waals surface area (Å²) in [5, 5.41) is 8.70. The van der Waals surface area contributed by atoms with Crippen molar-refractivity contribution in [1.29, 1.82) is 5.26 Å². The number of hydrogen-bond acceptors (Lipinski definition) is 5. The van der Waals surface area contributed by atoms with Crippen LogP contribution >= 0.6 is 0 Å². The van der Waals surface area contributed by atoms with Crippen molar-refractivity contribution in [2.45, 2.75) is 17.9 Å². The average molecular weight is 268 g/mol. The first-order valence-electron chi connectivity index (χ1n) is 5.01. The standard InChI is InChI=1S/C11H12N2O4S/c1-8(11(14)17-2)13-18(15,16)10-5-3-4-9(6-10)7-12/h3-6,8,13H,1-2H3. The first kappa shape index (κ1) is 14.2. The van der Waals surface area contributed by atoms with Crippen molar-refractivity contribution in [1.82, 2.24) is 4.72 Å². The van der Waals surface area contributed by atoms with E-state index in [9.17, 15) is 13.2 Å². The van der Waals surface area contributed by atoms with Gasteiger partial charge in [-0.2, -0.15) is 9.98 Å². The second-order valence-electron chi connectivity index (χ2n) is 3.51. The number of esters is 1. The molecule has 0 aliphatic carbocycles. The predicted octanol–water partition coefficient (Wildman–Crippen LogP) is 0.398. The zero-order valence-corrected chi connectivity index (χ0v) is 10.7. The van der Waals surface area contributed by atoms with E-state index < -0.39 is 22.0 Å². The molecule has 0 aliphatic heterocycles. The molecule has 7 heteroatoms. The average Bonchev–Trinajstić information content (AvgIpc) is 2.37. The molecule has 0 radical (unpaired) electrons. The van der Waals surface area contributed by atoms with Crippen LogP contribution in [0.4, 0.5) is 0 Å². The van der Waals surface area contributed by atoms with Gasteiger partial charge in [-0.1, -0.05) is 6.07 Å². The molecule has 1 unspecified atom stereocenters. The first-order valence-corrected chi connectivity index (χ1v) is 6.49. The van der Waals surface area contributed by atoms with E-state index in [4.69, 9.17) is 5.26 Å². The van der Waals surface area contributed by atoms with E-state index in [1.165, 1.54) is 38.3 Å². The zero-order valence-electron chi connectivity index (χ0n) is 9.88. The van der Waals surface area contributed by atoms with Crippen molar-refractivity contribution in [3.63, 3.8) is 0 Å². The highest BCUT2D eigenvalue weighted by Gasteiger charge is 2.22. The molecule has 0 saturated carbocycles. The van der Waals surface area contributed by atoms with Gasteiger partial charge in [0.25, 0.3) is 0 Å². The third-order valence-electron chi connectivity index (χ3n) is 2.16. The lowest BCUT2D eigenvalue weighted by molar-refractivity contribution is -0.142. The van der Waals surface area contributed by atoms with Crippen molar-refractivity contribution in [2.75, 3.05) is 7.11 Å². The van der Waals surface area contributed by atoms with Crippen molar-refractivity contribution < 1.29 is 17.9 Å². The highest BCUT2D eigenvalue weighted by Crippen LogP contribution is 2.11. The Labute approximate surface area is 105 Å². The van der Waals surface area contributed by atoms with Gasteiger partial charge in [-0.05, 0) is 25.1 Å². The van der Waals surface area contributed by atoms with Crippen molar-refractivity contribution in [2.24, 2.45) is 0 Å². The molecule has 0 amide bonds. The van der Waals surface area contributed by atoms with Gasteiger partial charge in [0, 0.05) is 0 Å². The lowest BCUT2D eigenvalue weighted by Gasteiger charge is -2.12. The Bertz CT molecular complexity index is 589. The molecule has 96 valence electrons. The van der Waals surface area contributed by atoms with Crippen molar-refractivity contribution >= 4 is 16.0 Å². The van der Waals surface area contributed by atoms with Gasteiger partial charge in [-0.25, -0.2) is 8.42 Å². The molecule has 1 rings (SSSR count). The number of methoxy groups -OCH3 is 1. The maximum absolute atomic E-state index is 11.9. The van der Waals surface area contributed by atoms with E-state index in [-0.39, 0.29) is 10.5 Å². The van der Waals surface area contributed by atoms with Crippen LogP contribution in [0.15, 0.2) is 29.2 Å². The monoisotopic (exact) mass is 268 g/mol. The molecule has 1 aromatic rings. The Hall–Kier alpha value is -1.91. The number of nitrogens with zero attached hydrogens (tertiary/aromatic N) is 1. The molecular formula is C11H12N2O4S. The van der Waals surface area contributed by atoms with Crippen LogP contribution in [0.1, 0.15) is 12.5 Å². The molecule has 18 heavy (non-hydrogen) atoms. The summed E-state index contributed by atoms with van der Waals surface area (Å²) in [6, 6.07) is 6.36. The zero-order chi connectivity index (χ0) is 13.8. The van der Waals surface area contributed by atoms with Gasteiger partial charge in [-0.15, -0.1) is 0 Å². The molecule has 1 atom stereocenters. The van der Waals surface area contributed by atoms with E-state index >= 15 is 0 Å². The molecule has 0 fully saturated rings. The van der Waals surface area contributed by atoms with E-state index in [2.05, 4.69) is 9.46 Å². The topological polar surface area (TPSA) is 96.3 Å². The summed E-state index contributed by atoms with van der Waals surface area (Å²) in [7, 11) is -2.68. The molecule has 0 aliphatic rings. The van der Waals surface area contributed by atoms with Gasteiger partial charge >= 0.3 is 5.97 Å². The lowest BCUT2D eigenvalue weighted by Crippen LogP contribution is -2.39. The SMILES string of the molecule is COC(=O)C(C)NS(=O)(=O)c1cccc(C#N)c1. The second-order valence-corrected chi connectivity index (χ2v) is 5.22. The molecular weight excluding hydrogens is 256 g/mol. The van der Waals surface area contributed by atoms with Crippen LogP contribution < -0.4 is 4.72 Å². The Morgan fingerprint density at radius 2 is 2.17 bits per heavy atom. The number of hydrogen-bond donors (Lipinski definition) is 1. The maximum atomic E-state index is 11.9. The summed E-state index contributed by atoms with van der Waals surface area (Å²) in [5.74, 6) is -0.685. The quantitative estimate of drug-likeness (QED) is 0.797. The lowest BCUT2D eigenvalue weighted by atomic mass is 10.2. The fourth-order valence-electron chi connectivity index (χ4n) is 1.26. The molecule has 0 spiro atoms. The van der Waals surface area contributed by atoms with Crippen molar-refractivity contribution in [3.8, 4) is 6.07 Å². The van der Waals surface area contributed by atoms with Gasteiger partial charge in [0.05, 0.1) is 23.6 Å². The van der Waals surface area contributed by atoms with Gasteiger partial charge in [-0.3, -0.25) is 4.79 Å². The molecule has 0 heterocycles. The molecule has 1 aromatic carbocycles. The highest BCUT2D eigenvalue weighted by molar-refractivity contribution is 7.89. The van der Waals surface area contributed by atoms with Gasteiger partial charge in [0.2, 0.25) is 10.0 Å². The Kier molecular flexibility index (Phi) is 4.42. The summed E-state index contributed by atoms with van der Waals surface area (Å²) in [5.41, 5.74) is 0.226. The van der Waals surface area contributed by atoms with Gasteiger partial charge < -0.3 is 4.74 Å². The summed E-state index contributed by atoms with van der Waals surface area (Å²) in [6.07, 6.45) is 0. The van der Waals surface area contributed by atoms with Crippen LogP contribution in [-0.4, -0.2) is 27.5 Å². The number of nitriles is 1. The minimum absolute atomic E-state index is 0.0719. The maximum Gasteiger partial charge on any atom is 0.323 e. The Morgan fingerprint density at radius 3 is 2.72 bits per heavy atom. The summed E-state index contributed by atoms with van der Waals surface area (Å²) in [6.45, 7) is 1.37. The van der Waals surface area contributed by atoms with E-state index in [1.807, 2.05) is 6.07 Å². The molecule has 6 nitrogen and oxygen atoms in total. The molecule has 1 N–H and O–H groups in total. The van der Waals surface area contributed by atoms with Crippen LogP contribution in [-0.2, 0) is 19.6 Å². The number of carbonyl (C=O) groups is 1. The number of benzene rings is 1. The fraction of sp³-hybridized carbons (Fsp3) is 0.273. The van der Waals surface area contributed by atoms with Gasteiger partial charge in [0.15, 0.2) is 0 Å². The number of rotatable bonds is 4. The third-order valence-corrected chi connectivity index (χ3v) is 3.70. The van der Waals surface area contributed by atoms with Crippen LogP contribution in [0.2, 0.25) is 0 Å². The van der Waals surface area contributed by atoms with Gasteiger partial charge in [0.1, 0.15) is 6.04 Å². The Balaban J connectivity index is 3.00. The van der Waals surface area contributed by atoms with E-state index in [1.54, 1.807) is 0 Å². The van der Waals surface area contributed by atoms with E-state index in [0.717, 1.165) is 0 Å². The minimum Gasteiger partial charge on any atom is -0.468 e. The number of carbonyl (C=O) groups excluding carboxylic acids is 1.